The second-order valence-electron chi connectivity index (χ2n) is 3.47. The topological polar surface area (TPSA) is 44.5 Å². The van der Waals surface area contributed by atoms with E-state index in [1.807, 2.05) is 19.9 Å². The predicted octanol–water partition coefficient (Wildman–Crippen LogP) is 2.59. The second-order valence-corrected chi connectivity index (χ2v) is 3.87. The molecule has 0 saturated heterocycles. The van der Waals surface area contributed by atoms with Crippen LogP contribution in [0, 0.1) is 0 Å². The lowest BCUT2D eigenvalue weighted by molar-refractivity contribution is 0.230. The Kier molecular flexibility index (Phi) is 4.24. The third-order valence-electron chi connectivity index (χ3n) is 1.92. The van der Waals surface area contributed by atoms with Crippen molar-refractivity contribution in [2.24, 2.45) is 5.73 Å². The molecule has 0 atom stereocenters. The molecule has 0 spiro atoms. The summed E-state index contributed by atoms with van der Waals surface area (Å²) in [6, 6.07) is 3.54. The molecule has 0 aliphatic carbocycles. The monoisotopic (exact) mass is 229 g/mol. The Morgan fingerprint density at radius 1 is 1.33 bits per heavy atom. The predicted molar refractivity (Wildman–Crippen MR) is 61.7 cm³/mol. The molecule has 15 heavy (non-hydrogen) atoms. The second kappa shape index (κ2) is 5.24. The van der Waals surface area contributed by atoms with Gasteiger partial charge in [-0.1, -0.05) is 11.6 Å². The summed E-state index contributed by atoms with van der Waals surface area (Å²) in [5, 5.41) is 0.602. The van der Waals surface area contributed by atoms with Crippen LogP contribution in [0.4, 0.5) is 0 Å². The standard InChI is InChI=1S/C11H16ClNO2/c1-7(2)15-11-4-8(6-13)9(12)5-10(11)14-3/h4-5,7H,6,13H2,1-3H3. The lowest BCUT2D eigenvalue weighted by Crippen LogP contribution is -2.08. The molecule has 0 saturated carbocycles. The Morgan fingerprint density at radius 2 is 2.00 bits per heavy atom. The van der Waals surface area contributed by atoms with E-state index < -0.39 is 0 Å². The number of hydrogen-bond acceptors (Lipinski definition) is 3. The van der Waals surface area contributed by atoms with E-state index in [-0.39, 0.29) is 6.10 Å². The van der Waals surface area contributed by atoms with Gasteiger partial charge in [-0.25, -0.2) is 0 Å². The van der Waals surface area contributed by atoms with Crippen LogP contribution < -0.4 is 15.2 Å². The minimum atomic E-state index is 0.0886. The van der Waals surface area contributed by atoms with Gasteiger partial charge in [-0.3, -0.25) is 0 Å². The van der Waals surface area contributed by atoms with Gasteiger partial charge in [0.25, 0.3) is 0 Å². The molecule has 0 aliphatic heterocycles. The quantitative estimate of drug-likeness (QED) is 0.863. The van der Waals surface area contributed by atoms with Crippen molar-refractivity contribution in [3.05, 3.63) is 22.7 Å². The zero-order chi connectivity index (χ0) is 11.4. The van der Waals surface area contributed by atoms with Crippen molar-refractivity contribution in [3.63, 3.8) is 0 Å². The molecule has 0 fully saturated rings. The van der Waals surface area contributed by atoms with E-state index in [1.165, 1.54) is 0 Å². The summed E-state index contributed by atoms with van der Waals surface area (Å²) in [5.41, 5.74) is 6.42. The van der Waals surface area contributed by atoms with Crippen molar-refractivity contribution < 1.29 is 9.47 Å². The Morgan fingerprint density at radius 3 is 2.47 bits per heavy atom. The SMILES string of the molecule is COc1cc(Cl)c(CN)cc1OC(C)C. The zero-order valence-corrected chi connectivity index (χ0v) is 9.97. The minimum absolute atomic E-state index is 0.0886. The third kappa shape index (κ3) is 3.01. The van der Waals surface area contributed by atoms with E-state index in [0.717, 1.165) is 5.56 Å². The highest BCUT2D eigenvalue weighted by Crippen LogP contribution is 2.33. The molecular formula is C11H16ClNO2. The molecule has 1 aromatic carbocycles. The minimum Gasteiger partial charge on any atom is -0.493 e. The van der Waals surface area contributed by atoms with Gasteiger partial charge in [0, 0.05) is 17.6 Å². The summed E-state index contributed by atoms with van der Waals surface area (Å²) in [4.78, 5) is 0. The van der Waals surface area contributed by atoms with Crippen molar-refractivity contribution in [1.82, 2.24) is 0 Å². The number of benzene rings is 1. The van der Waals surface area contributed by atoms with Gasteiger partial charge in [0.05, 0.1) is 13.2 Å². The maximum Gasteiger partial charge on any atom is 0.162 e. The fraction of sp³-hybridized carbons (Fsp3) is 0.455. The molecule has 1 rings (SSSR count). The average Bonchev–Trinajstić information content (AvgIpc) is 2.19. The summed E-state index contributed by atoms with van der Waals surface area (Å²) in [6.45, 7) is 4.30. The van der Waals surface area contributed by atoms with E-state index in [2.05, 4.69) is 0 Å². The van der Waals surface area contributed by atoms with E-state index in [9.17, 15) is 0 Å². The maximum absolute atomic E-state index is 6.00. The van der Waals surface area contributed by atoms with Crippen LogP contribution in [-0.4, -0.2) is 13.2 Å². The molecular weight excluding hydrogens is 214 g/mol. The normalized spacial score (nSPS) is 10.5. The zero-order valence-electron chi connectivity index (χ0n) is 9.21. The van der Waals surface area contributed by atoms with Gasteiger partial charge >= 0.3 is 0 Å². The molecule has 0 unspecified atom stereocenters. The van der Waals surface area contributed by atoms with Gasteiger partial charge in [-0.05, 0) is 25.5 Å². The summed E-state index contributed by atoms with van der Waals surface area (Å²) < 4.78 is 10.8. The van der Waals surface area contributed by atoms with Crippen molar-refractivity contribution >= 4 is 11.6 Å². The molecule has 4 heteroatoms. The Balaban J connectivity index is 3.10. The molecule has 0 amide bonds. The van der Waals surface area contributed by atoms with Crippen LogP contribution in [0.3, 0.4) is 0 Å². The summed E-state index contributed by atoms with van der Waals surface area (Å²) in [7, 11) is 1.58. The van der Waals surface area contributed by atoms with Crippen molar-refractivity contribution in [1.29, 1.82) is 0 Å². The molecule has 3 nitrogen and oxygen atoms in total. The first-order chi connectivity index (χ1) is 7.08. The number of halogens is 1. The van der Waals surface area contributed by atoms with Crippen molar-refractivity contribution in [2.45, 2.75) is 26.5 Å². The largest absolute Gasteiger partial charge is 0.493 e. The number of hydrogen-bond donors (Lipinski definition) is 1. The summed E-state index contributed by atoms with van der Waals surface area (Å²) in [6.07, 6.45) is 0.0886. The molecule has 84 valence electrons. The smallest absolute Gasteiger partial charge is 0.162 e. The Hall–Kier alpha value is -0.930. The van der Waals surface area contributed by atoms with Gasteiger partial charge in [0.1, 0.15) is 0 Å². The number of nitrogens with two attached hydrogens (primary N) is 1. The van der Waals surface area contributed by atoms with Gasteiger partial charge in [0.15, 0.2) is 11.5 Å². The highest BCUT2D eigenvalue weighted by molar-refractivity contribution is 6.31. The van der Waals surface area contributed by atoms with Gasteiger partial charge in [-0.15, -0.1) is 0 Å². The lowest BCUT2D eigenvalue weighted by atomic mass is 10.2. The third-order valence-corrected chi connectivity index (χ3v) is 2.27. The first-order valence-corrected chi connectivity index (χ1v) is 5.19. The van der Waals surface area contributed by atoms with Gasteiger partial charge in [-0.2, -0.15) is 0 Å². The van der Waals surface area contributed by atoms with E-state index in [0.29, 0.717) is 23.1 Å². The fourth-order valence-electron chi connectivity index (χ4n) is 1.24. The molecule has 0 aliphatic rings. The highest BCUT2D eigenvalue weighted by atomic mass is 35.5. The van der Waals surface area contributed by atoms with Crippen LogP contribution in [0.2, 0.25) is 5.02 Å². The van der Waals surface area contributed by atoms with Crippen LogP contribution in [0.25, 0.3) is 0 Å². The van der Waals surface area contributed by atoms with Crippen LogP contribution in [-0.2, 0) is 6.54 Å². The van der Waals surface area contributed by atoms with E-state index in [1.54, 1.807) is 13.2 Å². The van der Waals surface area contributed by atoms with Crippen LogP contribution in [0.15, 0.2) is 12.1 Å². The molecule has 1 aromatic rings. The van der Waals surface area contributed by atoms with Crippen LogP contribution in [0.5, 0.6) is 11.5 Å². The first-order valence-electron chi connectivity index (χ1n) is 4.81. The van der Waals surface area contributed by atoms with Crippen molar-refractivity contribution in [3.8, 4) is 11.5 Å². The fourth-order valence-corrected chi connectivity index (χ4v) is 1.47. The lowest BCUT2D eigenvalue weighted by Gasteiger charge is -2.15. The molecule has 0 aromatic heterocycles. The molecule has 0 heterocycles. The molecule has 0 bridgehead atoms. The maximum atomic E-state index is 6.00. The van der Waals surface area contributed by atoms with Gasteiger partial charge < -0.3 is 15.2 Å². The average molecular weight is 230 g/mol. The van der Waals surface area contributed by atoms with E-state index in [4.69, 9.17) is 26.8 Å². The van der Waals surface area contributed by atoms with Crippen LogP contribution in [0.1, 0.15) is 19.4 Å². The van der Waals surface area contributed by atoms with Crippen LogP contribution >= 0.6 is 11.6 Å². The Bertz CT molecular complexity index is 340. The molecule has 0 radical (unpaired) electrons. The summed E-state index contributed by atoms with van der Waals surface area (Å²) in [5.74, 6) is 1.31. The first kappa shape index (κ1) is 12.1. The van der Waals surface area contributed by atoms with Gasteiger partial charge in [0.2, 0.25) is 0 Å². The highest BCUT2D eigenvalue weighted by Gasteiger charge is 2.10. The molecule has 2 N–H and O–H groups in total. The van der Waals surface area contributed by atoms with E-state index >= 15 is 0 Å². The summed E-state index contributed by atoms with van der Waals surface area (Å²) >= 11 is 6.00. The number of methoxy groups -OCH3 is 1. The number of rotatable bonds is 4. The van der Waals surface area contributed by atoms with Crippen molar-refractivity contribution in [2.75, 3.05) is 7.11 Å². The Labute approximate surface area is 95.1 Å². The number of ether oxygens (including phenoxy) is 2.